The number of carbonyl (C=O) groups is 1. The van der Waals surface area contributed by atoms with Gasteiger partial charge >= 0.3 is 5.97 Å². The number of hydrogen-bond acceptors (Lipinski definition) is 3. The lowest BCUT2D eigenvalue weighted by molar-refractivity contribution is -0.130. The molecule has 1 atom stereocenters. The molecule has 2 N–H and O–H groups in total. The van der Waals surface area contributed by atoms with Crippen molar-refractivity contribution >= 4 is 11.5 Å². The molecule has 0 aliphatic rings. The molecule has 0 radical (unpaired) electrons. The molecule has 0 amide bonds. The average Bonchev–Trinajstić information content (AvgIpc) is 2.69. The van der Waals surface area contributed by atoms with Crippen molar-refractivity contribution in [1.29, 1.82) is 0 Å². The van der Waals surface area contributed by atoms with Crippen LogP contribution in [0.15, 0.2) is 84.4 Å². The van der Waals surface area contributed by atoms with Crippen LogP contribution in [-0.2, 0) is 4.79 Å². The molecule has 28 heavy (non-hydrogen) atoms. The van der Waals surface area contributed by atoms with Crippen molar-refractivity contribution in [1.82, 2.24) is 0 Å². The number of benzene rings is 3. The highest BCUT2D eigenvalue weighted by atomic mass is 16.5. The van der Waals surface area contributed by atoms with Crippen LogP contribution in [0.3, 0.4) is 0 Å². The molecule has 0 saturated heterocycles. The third-order valence-corrected chi connectivity index (χ3v) is 4.39. The quantitative estimate of drug-likeness (QED) is 0.564. The van der Waals surface area contributed by atoms with Gasteiger partial charge in [-0.05, 0) is 43.2 Å². The standard InChI is InChI=1S/C24H22O4/c1-16(2)22(24(26)27)20-13-6-7-14-21(20)28-19-12-8-11-18(15-19)23(25)17-9-4-3-5-10-17/h3-15,23,25H,1-2H3,(H,26,27). The van der Waals surface area contributed by atoms with Crippen molar-refractivity contribution in [2.75, 3.05) is 0 Å². The fourth-order valence-electron chi connectivity index (χ4n) is 3.06. The number of allylic oxidation sites excluding steroid dienone is 1. The van der Waals surface area contributed by atoms with Crippen LogP contribution in [0.1, 0.15) is 36.6 Å². The summed E-state index contributed by atoms with van der Waals surface area (Å²) < 4.78 is 6.01. The Morgan fingerprint density at radius 1 is 0.857 bits per heavy atom. The zero-order valence-corrected chi connectivity index (χ0v) is 15.8. The summed E-state index contributed by atoms with van der Waals surface area (Å²) >= 11 is 0. The first-order chi connectivity index (χ1) is 13.5. The van der Waals surface area contributed by atoms with Gasteiger partial charge in [0.25, 0.3) is 0 Å². The van der Waals surface area contributed by atoms with Gasteiger partial charge in [0.05, 0.1) is 5.57 Å². The predicted octanol–water partition coefficient (Wildman–Crippen LogP) is 5.44. The summed E-state index contributed by atoms with van der Waals surface area (Å²) in [6, 6.07) is 23.6. The van der Waals surface area contributed by atoms with Gasteiger partial charge in [-0.15, -0.1) is 0 Å². The van der Waals surface area contributed by atoms with Gasteiger partial charge in [-0.2, -0.15) is 0 Å². The van der Waals surface area contributed by atoms with Crippen LogP contribution < -0.4 is 4.74 Å². The van der Waals surface area contributed by atoms with Crippen LogP contribution in [0.25, 0.3) is 5.57 Å². The molecule has 0 aliphatic carbocycles. The zero-order valence-electron chi connectivity index (χ0n) is 15.8. The molecule has 3 rings (SSSR count). The fourth-order valence-corrected chi connectivity index (χ4v) is 3.06. The van der Waals surface area contributed by atoms with E-state index in [2.05, 4.69) is 0 Å². The van der Waals surface area contributed by atoms with Crippen LogP contribution in [0.5, 0.6) is 11.5 Å². The van der Waals surface area contributed by atoms with Gasteiger partial charge in [0.1, 0.15) is 17.6 Å². The maximum Gasteiger partial charge on any atom is 0.336 e. The van der Waals surface area contributed by atoms with Crippen molar-refractivity contribution < 1.29 is 19.7 Å². The number of rotatable bonds is 6. The second-order valence-corrected chi connectivity index (χ2v) is 6.66. The van der Waals surface area contributed by atoms with E-state index in [4.69, 9.17) is 4.74 Å². The van der Waals surface area contributed by atoms with Crippen molar-refractivity contribution in [3.8, 4) is 11.5 Å². The SMILES string of the molecule is CC(C)=C(C(=O)O)c1ccccc1Oc1cccc(C(O)c2ccccc2)c1. The second-order valence-electron chi connectivity index (χ2n) is 6.66. The Balaban J connectivity index is 1.94. The monoisotopic (exact) mass is 374 g/mol. The summed E-state index contributed by atoms with van der Waals surface area (Å²) in [4.78, 5) is 11.7. The van der Waals surface area contributed by atoms with Crippen LogP contribution >= 0.6 is 0 Å². The molecule has 4 heteroatoms. The molecule has 0 aromatic heterocycles. The van der Waals surface area contributed by atoms with E-state index >= 15 is 0 Å². The number of carboxylic acid groups (broad SMARTS) is 1. The topological polar surface area (TPSA) is 66.8 Å². The van der Waals surface area contributed by atoms with Gasteiger partial charge in [0, 0.05) is 5.56 Å². The fraction of sp³-hybridized carbons (Fsp3) is 0.125. The van der Waals surface area contributed by atoms with Gasteiger partial charge in [0.15, 0.2) is 0 Å². The molecular weight excluding hydrogens is 352 g/mol. The van der Waals surface area contributed by atoms with E-state index in [9.17, 15) is 15.0 Å². The Labute approximate surface area is 164 Å². The van der Waals surface area contributed by atoms with Crippen LogP contribution in [-0.4, -0.2) is 16.2 Å². The largest absolute Gasteiger partial charge is 0.478 e. The third-order valence-electron chi connectivity index (χ3n) is 4.39. The number of para-hydroxylation sites is 1. The molecule has 3 aromatic rings. The van der Waals surface area contributed by atoms with Crippen molar-refractivity contribution in [3.05, 3.63) is 101 Å². The Hall–Kier alpha value is -3.37. The lowest BCUT2D eigenvalue weighted by Gasteiger charge is -2.15. The highest BCUT2D eigenvalue weighted by Gasteiger charge is 2.18. The Morgan fingerprint density at radius 2 is 1.50 bits per heavy atom. The molecule has 0 fully saturated rings. The molecule has 0 bridgehead atoms. The molecule has 0 heterocycles. The summed E-state index contributed by atoms with van der Waals surface area (Å²) in [5.74, 6) is -0.0184. The van der Waals surface area contributed by atoms with Gasteiger partial charge in [0.2, 0.25) is 0 Å². The van der Waals surface area contributed by atoms with E-state index in [1.165, 1.54) is 0 Å². The first-order valence-corrected chi connectivity index (χ1v) is 8.98. The van der Waals surface area contributed by atoms with Crippen molar-refractivity contribution in [3.63, 3.8) is 0 Å². The number of ether oxygens (including phenoxy) is 1. The number of aliphatic hydroxyl groups is 1. The molecule has 0 saturated carbocycles. The molecule has 4 nitrogen and oxygen atoms in total. The van der Waals surface area contributed by atoms with E-state index in [0.717, 1.165) is 5.56 Å². The van der Waals surface area contributed by atoms with E-state index in [-0.39, 0.29) is 5.57 Å². The number of aliphatic hydroxyl groups excluding tert-OH is 1. The summed E-state index contributed by atoms with van der Waals surface area (Å²) in [6.45, 7) is 3.52. The Kier molecular flexibility index (Phi) is 5.92. The smallest absolute Gasteiger partial charge is 0.336 e. The van der Waals surface area contributed by atoms with Gasteiger partial charge in [-0.1, -0.05) is 66.2 Å². The van der Waals surface area contributed by atoms with Crippen LogP contribution in [0.2, 0.25) is 0 Å². The predicted molar refractivity (Wildman–Crippen MR) is 109 cm³/mol. The van der Waals surface area contributed by atoms with Crippen LogP contribution in [0, 0.1) is 0 Å². The summed E-state index contributed by atoms with van der Waals surface area (Å²) in [7, 11) is 0. The molecule has 1 unspecified atom stereocenters. The molecule has 142 valence electrons. The Bertz CT molecular complexity index is 1000. The van der Waals surface area contributed by atoms with Gasteiger partial charge < -0.3 is 14.9 Å². The zero-order chi connectivity index (χ0) is 20.1. The summed E-state index contributed by atoms with van der Waals surface area (Å²) in [5.41, 5.74) is 2.91. The number of carboxylic acids is 1. The maximum absolute atomic E-state index is 11.7. The first-order valence-electron chi connectivity index (χ1n) is 8.98. The highest BCUT2D eigenvalue weighted by molar-refractivity contribution is 6.17. The second kappa shape index (κ2) is 8.55. The minimum Gasteiger partial charge on any atom is -0.478 e. The lowest BCUT2D eigenvalue weighted by atomic mass is 10.0. The minimum absolute atomic E-state index is 0.219. The molecule has 3 aromatic carbocycles. The Morgan fingerprint density at radius 3 is 2.18 bits per heavy atom. The first kappa shape index (κ1) is 19.4. The average molecular weight is 374 g/mol. The van der Waals surface area contributed by atoms with E-state index in [1.54, 1.807) is 56.3 Å². The molecule has 0 aliphatic heterocycles. The molecular formula is C24H22O4. The number of aliphatic carboxylic acids is 1. The normalized spacial score (nSPS) is 11.5. The highest BCUT2D eigenvalue weighted by Crippen LogP contribution is 2.33. The van der Waals surface area contributed by atoms with Crippen molar-refractivity contribution in [2.24, 2.45) is 0 Å². The van der Waals surface area contributed by atoms with Gasteiger partial charge in [-0.3, -0.25) is 0 Å². The number of hydrogen-bond donors (Lipinski definition) is 2. The minimum atomic E-state index is -0.996. The summed E-state index contributed by atoms with van der Waals surface area (Å²) in [6.07, 6.45) is -0.771. The van der Waals surface area contributed by atoms with Crippen molar-refractivity contribution in [2.45, 2.75) is 20.0 Å². The summed E-state index contributed by atoms with van der Waals surface area (Å²) in [5, 5.41) is 20.2. The molecule has 0 spiro atoms. The lowest BCUT2D eigenvalue weighted by Crippen LogP contribution is -2.04. The van der Waals surface area contributed by atoms with E-state index < -0.39 is 12.1 Å². The van der Waals surface area contributed by atoms with Gasteiger partial charge in [-0.25, -0.2) is 4.79 Å². The van der Waals surface area contributed by atoms with E-state index in [1.807, 2.05) is 36.4 Å². The maximum atomic E-state index is 11.7. The third kappa shape index (κ3) is 4.30. The van der Waals surface area contributed by atoms with Crippen LogP contribution in [0.4, 0.5) is 0 Å². The van der Waals surface area contributed by atoms with E-state index in [0.29, 0.717) is 28.2 Å².